The van der Waals surface area contributed by atoms with Gasteiger partial charge in [-0.05, 0) is 44.9 Å². The molecule has 1 aromatic carbocycles. The van der Waals surface area contributed by atoms with Gasteiger partial charge >= 0.3 is 6.09 Å². The van der Waals surface area contributed by atoms with E-state index in [4.69, 9.17) is 10.5 Å². The summed E-state index contributed by atoms with van der Waals surface area (Å²) < 4.78 is 5.13. The predicted molar refractivity (Wildman–Crippen MR) is 78.9 cm³/mol. The highest BCUT2D eigenvalue weighted by molar-refractivity contribution is 5.68. The van der Waals surface area contributed by atoms with Gasteiger partial charge in [-0.2, -0.15) is 0 Å². The second-order valence-corrected chi connectivity index (χ2v) is 5.35. The Morgan fingerprint density at radius 1 is 1.42 bits per heavy atom. The summed E-state index contributed by atoms with van der Waals surface area (Å²) in [6, 6.07) is 5.75. The number of anilines is 1. The summed E-state index contributed by atoms with van der Waals surface area (Å²) in [7, 11) is 0. The maximum atomic E-state index is 11.4. The average molecular weight is 262 g/mol. The van der Waals surface area contributed by atoms with Crippen LogP contribution in [0.15, 0.2) is 24.3 Å². The molecule has 0 aliphatic heterocycles. The van der Waals surface area contributed by atoms with E-state index in [9.17, 15) is 4.79 Å². The lowest BCUT2D eigenvalue weighted by Gasteiger charge is -2.19. The number of ether oxygens (including phenoxy) is 1. The lowest BCUT2D eigenvalue weighted by atomic mass is 10.1. The first-order valence-electron chi connectivity index (χ1n) is 6.28. The van der Waals surface area contributed by atoms with Crippen molar-refractivity contribution in [1.82, 2.24) is 5.32 Å². The molecule has 0 fully saturated rings. The number of hydrogen-bond donors (Lipinski definition) is 2. The molecule has 0 aliphatic carbocycles. The number of carbonyl (C=O) groups excluding carboxylic acids is 1. The zero-order chi connectivity index (χ0) is 14.5. The molecular weight excluding hydrogens is 240 g/mol. The molecule has 1 amide bonds. The van der Waals surface area contributed by atoms with Crippen molar-refractivity contribution >= 4 is 17.9 Å². The Balaban J connectivity index is 2.47. The zero-order valence-electron chi connectivity index (χ0n) is 12.0. The van der Waals surface area contributed by atoms with E-state index >= 15 is 0 Å². The fourth-order valence-electron chi connectivity index (χ4n) is 1.49. The van der Waals surface area contributed by atoms with E-state index in [1.54, 1.807) is 0 Å². The van der Waals surface area contributed by atoms with E-state index in [-0.39, 0.29) is 0 Å². The van der Waals surface area contributed by atoms with Crippen molar-refractivity contribution in [3.63, 3.8) is 0 Å². The van der Waals surface area contributed by atoms with Crippen LogP contribution in [0.2, 0.25) is 0 Å². The quantitative estimate of drug-likeness (QED) is 0.823. The van der Waals surface area contributed by atoms with Gasteiger partial charge in [0.2, 0.25) is 0 Å². The summed E-state index contributed by atoms with van der Waals surface area (Å²) in [4.78, 5) is 11.4. The van der Waals surface area contributed by atoms with Crippen LogP contribution in [-0.2, 0) is 4.74 Å². The number of nitrogen functional groups attached to an aromatic ring is 1. The van der Waals surface area contributed by atoms with Gasteiger partial charge in [0.25, 0.3) is 0 Å². The van der Waals surface area contributed by atoms with Gasteiger partial charge in [0.15, 0.2) is 0 Å². The third-order valence-corrected chi connectivity index (χ3v) is 2.48. The molecule has 4 heteroatoms. The van der Waals surface area contributed by atoms with E-state index in [1.807, 2.05) is 58.0 Å². The lowest BCUT2D eigenvalue weighted by molar-refractivity contribution is 0.0534. The van der Waals surface area contributed by atoms with E-state index < -0.39 is 11.7 Å². The van der Waals surface area contributed by atoms with Crippen molar-refractivity contribution in [3.05, 3.63) is 35.4 Å². The summed E-state index contributed by atoms with van der Waals surface area (Å²) >= 11 is 0. The first-order valence-corrected chi connectivity index (χ1v) is 6.28. The highest BCUT2D eigenvalue weighted by Crippen LogP contribution is 2.16. The Labute approximate surface area is 114 Å². The SMILES string of the molecule is Cc1c(N)cccc1C=CCNC(=O)OC(C)(C)C. The van der Waals surface area contributed by atoms with Crippen molar-refractivity contribution in [2.24, 2.45) is 0 Å². The topological polar surface area (TPSA) is 64.3 Å². The van der Waals surface area contributed by atoms with E-state index in [2.05, 4.69) is 5.32 Å². The Hall–Kier alpha value is -1.97. The summed E-state index contributed by atoms with van der Waals surface area (Å²) in [5, 5.41) is 2.66. The molecule has 0 atom stereocenters. The Morgan fingerprint density at radius 2 is 2.11 bits per heavy atom. The monoisotopic (exact) mass is 262 g/mol. The summed E-state index contributed by atoms with van der Waals surface area (Å²) in [5.74, 6) is 0. The molecule has 1 rings (SSSR count). The molecule has 0 radical (unpaired) electrons. The summed E-state index contributed by atoms with van der Waals surface area (Å²) in [5.41, 5.74) is 8.20. The van der Waals surface area contributed by atoms with Crippen molar-refractivity contribution in [3.8, 4) is 0 Å². The van der Waals surface area contributed by atoms with E-state index in [1.165, 1.54) is 0 Å². The molecule has 0 saturated carbocycles. The first kappa shape index (κ1) is 15.1. The fraction of sp³-hybridized carbons (Fsp3) is 0.400. The fourth-order valence-corrected chi connectivity index (χ4v) is 1.49. The molecule has 4 nitrogen and oxygen atoms in total. The molecule has 0 aliphatic rings. The maximum absolute atomic E-state index is 11.4. The second kappa shape index (κ2) is 6.27. The smallest absolute Gasteiger partial charge is 0.407 e. The minimum absolute atomic E-state index is 0.415. The van der Waals surface area contributed by atoms with Crippen LogP contribution in [0, 0.1) is 6.92 Å². The molecule has 0 aromatic heterocycles. The third kappa shape index (κ3) is 5.46. The van der Waals surface area contributed by atoms with Crippen LogP contribution in [0.4, 0.5) is 10.5 Å². The minimum atomic E-state index is -0.474. The van der Waals surface area contributed by atoms with Gasteiger partial charge in [0.1, 0.15) is 5.60 Å². The number of nitrogens with one attached hydrogen (secondary N) is 1. The second-order valence-electron chi connectivity index (χ2n) is 5.35. The van der Waals surface area contributed by atoms with Crippen LogP contribution in [-0.4, -0.2) is 18.2 Å². The molecule has 3 N–H and O–H groups in total. The molecule has 0 saturated heterocycles. The van der Waals surface area contributed by atoms with Crippen LogP contribution in [0.5, 0.6) is 0 Å². The number of nitrogens with two attached hydrogens (primary N) is 1. The Kier molecular flexibility index (Phi) is 4.98. The largest absolute Gasteiger partial charge is 0.444 e. The normalized spacial score (nSPS) is 11.6. The van der Waals surface area contributed by atoms with Gasteiger partial charge in [-0.15, -0.1) is 0 Å². The number of hydrogen-bond acceptors (Lipinski definition) is 3. The molecule has 19 heavy (non-hydrogen) atoms. The number of benzene rings is 1. The number of carbonyl (C=O) groups is 1. The van der Waals surface area contributed by atoms with Crippen molar-refractivity contribution in [2.45, 2.75) is 33.3 Å². The van der Waals surface area contributed by atoms with Crippen molar-refractivity contribution in [1.29, 1.82) is 0 Å². The van der Waals surface area contributed by atoms with E-state index in [0.29, 0.717) is 6.54 Å². The maximum Gasteiger partial charge on any atom is 0.407 e. The summed E-state index contributed by atoms with van der Waals surface area (Å²) in [6.07, 6.45) is 3.39. The van der Waals surface area contributed by atoms with Gasteiger partial charge in [-0.3, -0.25) is 0 Å². The lowest BCUT2D eigenvalue weighted by Crippen LogP contribution is -2.32. The van der Waals surface area contributed by atoms with Crippen LogP contribution >= 0.6 is 0 Å². The molecule has 0 spiro atoms. The number of rotatable bonds is 3. The van der Waals surface area contributed by atoms with Crippen molar-refractivity contribution in [2.75, 3.05) is 12.3 Å². The average Bonchev–Trinajstić information content (AvgIpc) is 2.27. The molecular formula is C15H22N2O2. The van der Waals surface area contributed by atoms with Gasteiger partial charge in [-0.25, -0.2) is 4.79 Å². The standard InChI is InChI=1S/C15H22N2O2/c1-11-12(7-5-9-13(11)16)8-6-10-17-14(18)19-15(2,3)4/h5-9H,10,16H2,1-4H3,(H,17,18). The molecule has 0 bridgehead atoms. The van der Waals surface area contributed by atoms with Crippen LogP contribution in [0.3, 0.4) is 0 Å². The number of amides is 1. The Morgan fingerprint density at radius 3 is 2.74 bits per heavy atom. The van der Waals surface area contributed by atoms with Crippen LogP contribution in [0.25, 0.3) is 6.08 Å². The van der Waals surface area contributed by atoms with E-state index in [0.717, 1.165) is 16.8 Å². The molecule has 0 unspecified atom stereocenters. The minimum Gasteiger partial charge on any atom is -0.444 e. The van der Waals surface area contributed by atoms with Crippen LogP contribution < -0.4 is 11.1 Å². The first-order chi connectivity index (χ1) is 8.79. The highest BCUT2D eigenvalue weighted by Gasteiger charge is 2.14. The molecule has 1 aromatic rings. The van der Waals surface area contributed by atoms with Gasteiger partial charge in [0.05, 0.1) is 0 Å². The van der Waals surface area contributed by atoms with Crippen LogP contribution in [0.1, 0.15) is 31.9 Å². The third-order valence-electron chi connectivity index (χ3n) is 2.48. The van der Waals surface area contributed by atoms with Gasteiger partial charge < -0.3 is 15.8 Å². The zero-order valence-corrected chi connectivity index (χ0v) is 12.0. The number of alkyl carbamates (subject to hydrolysis) is 1. The highest BCUT2D eigenvalue weighted by atomic mass is 16.6. The van der Waals surface area contributed by atoms with Gasteiger partial charge in [-0.1, -0.05) is 24.3 Å². The Bertz CT molecular complexity index is 474. The van der Waals surface area contributed by atoms with Crippen molar-refractivity contribution < 1.29 is 9.53 Å². The summed E-state index contributed by atoms with van der Waals surface area (Å²) in [6.45, 7) is 7.88. The molecule has 104 valence electrons. The van der Waals surface area contributed by atoms with Gasteiger partial charge in [0, 0.05) is 12.2 Å². The molecule has 0 heterocycles. The predicted octanol–water partition coefficient (Wildman–Crippen LogP) is 3.12.